The van der Waals surface area contributed by atoms with Gasteiger partial charge in [0.2, 0.25) is 0 Å². The number of hydrogen-bond donors (Lipinski definition) is 0. The molecule has 48 heavy (non-hydrogen) atoms. The minimum Gasteiger partial charge on any atom is -0.305 e. The van der Waals surface area contributed by atoms with Crippen molar-refractivity contribution in [3.63, 3.8) is 0 Å². The molecule has 0 spiro atoms. The van der Waals surface area contributed by atoms with Gasteiger partial charge in [-0.15, -0.1) is 59.7 Å². The fourth-order valence-corrected chi connectivity index (χ4v) is 7.76. The summed E-state index contributed by atoms with van der Waals surface area (Å²) < 4.78 is 50.6. The third-order valence-corrected chi connectivity index (χ3v) is 11.3. The molecule has 1 radical (unpaired) electrons. The quantitative estimate of drug-likeness (QED) is 0.127. The first kappa shape index (κ1) is 33.9. The summed E-state index contributed by atoms with van der Waals surface area (Å²) >= 11 is 1.11. The van der Waals surface area contributed by atoms with Crippen molar-refractivity contribution in [3.05, 3.63) is 150 Å². The van der Waals surface area contributed by atoms with E-state index in [1.807, 2.05) is 73.8 Å². The van der Waals surface area contributed by atoms with Crippen LogP contribution in [0.5, 0.6) is 0 Å². The second-order valence-electron chi connectivity index (χ2n) is 12.3. The number of hydrogen-bond acceptors (Lipinski definition) is 3. The molecule has 0 aliphatic carbocycles. The Balaban J connectivity index is 0.000000233. The van der Waals surface area contributed by atoms with Gasteiger partial charge >= 0.3 is 6.18 Å². The van der Waals surface area contributed by atoms with Crippen LogP contribution in [0.3, 0.4) is 0 Å². The second kappa shape index (κ2) is 14.7. The Morgan fingerprint density at radius 3 is 2.17 bits per heavy atom. The third-order valence-electron chi connectivity index (χ3n) is 8.03. The monoisotopic (exact) mass is 852 g/mol. The van der Waals surface area contributed by atoms with E-state index in [0.717, 1.165) is 45.2 Å². The van der Waals surface area contributed by atoms with Gasteiger partial charge in [0.25, 0.3) is 0 Å². The van der Waals surface area contributed by atoms with Crippen LogP contribution in [0.1, 0.15) is 30.9 Å². The Morgan fingerprint density at radius 2 is 1.50 bits per heavy atom. The topological polar surface area (TPSA) is 25.8 Å². The van der Waals surface area contributed by atoms with E-state index in [1.165, 1.54) is 11.3 Å². The fourth-order valence-electron chi connectivity index (χ4n) is 5.38. The van der Waals surface area contributed by atoms with E-state index < -0.39 is 25.7 Å². The Hall–Kier alpha value is -3.94. The zero-order valence-electron chi connectivity index (χ0n) is 27.8. The number of pyridine rings is 2. The molecule has 3 aromatic heterocycles. The van der Waals surface area contributed by atoms with Gasteiger partial charge in [-0.3, -0.25) is 0 Å². The molecule has 2 nitrogen and oxygen atoms in total. The molecule has 0 fully saturated rings. The number of thiophene rings is 1. The summed E-state index contributed by atoms with van der Waals surface area (Å²) in [4.78, 5) is 9.00. The molecule has 7 aromatic rings. The molecule has 1 atom stereocenters. The van der Waals surface area contributed by atoms with Gasteiger partial charge < -0.3 is 9.97 Å². The molecule has 0 bridgehead atoms. The SMILES string of the molecule is C[Si](C)(C)c1ccc(-c2[c-]cccc2)nc1.[2H]C(C)(c1ccccc1)c1ccnc(-c2[c-]ccc3c2sc2c(C(F)(F)F)cccc23)c1.[Ir]. The molecular weight excluding hydrogens is 818 g/mol. The minimum atomic E-state index is -4.43. The number of alkyl halides is 3. The largest absolute Gasteiger partial charge is 0.417 e. The number of halogens is 3. The van der Waals surface area contributed by atoms with Gasteiger partial charge in [-0.2, -0.15) is 24.5 Å². The molecular formula is C40H33F3IrN2SSi-2. The maximum atomic E-state index is 13.6. The van der Waals surface area contributed by atoms with Crippen molar-refractivity contribution in [3.8, 4) is 22.5 Å². The summed E-state index contributed by atoms with van der Waals surface area (Å²) in [5.74, 6) is -1.00. The molecule has 8 heteroatoms. The Morgan fingerprint density at radius 1 is 0.750 bits per heavy atom. The normalized spacial score (nSPS) is 13.2. The standard InChI is InChI=1S/C26H17F3NS.C14H16NSi.Ir/c1-16(17-7-3-2-4-8-17)18-13-14-30-23(15-18)21-11-5-9-19-20-10-6-12-22(26(27,28)29)25(20)31-24(19)21;1-16(2,3)13-9-10-14(15-11-13)12-7-5-4-6-8-12;/h2-10,12-16H,1H3;4-7,9-11H,1-3H3;/q2*-1;/i16D;;. The van der Waals surface area contributed by atoms with E-state index in [9.17, 15) is 13.2 Å². The summed E-state index contributed by atoms with van der Waals surface area (Å²) in [5, 5.41) is 2.71. The first-order valence-corrected chi connectivity index (χ1v) is 19.5. The van der Waals surface area contributed by atoms with E-state index in [2.05, 4.69) is 53.9 Å². The van der Waals surface area contributed by atoms with Crippen molar-refractivity contribution in [1.82, 2.24) is 9.97 Å². The van der Waals surface area contributed by atoms with E-state index in [0.29, 0.717) is 21.3 Å². The van der Waals surface area contributed by atoms with Crippen molar-refractivity contribution >= 4 is 44.8 Å². The molecule has 4 aromatic carbocycles. The van der Waals surface area contributed by atoms with Gasteiger partial charge in [-0.1, -0.05) is 92.6 Å². The summed E-state index contributed by atoms with van der Waals surface area (Å²) in [6.45, 7) is 8.82. The molecule has 0 amide bonds. The number of fused-ring (bicyclic) bond motifs is 3. The second-order valence-corrected chi connectivity index (χ2v) is 18.4. The van der Waals surface area contributed by atoms with Crippen LogP contribution in [0.25, 0.3) is 42.7 Å². The summed E-state index contributed by atoms with van der Waals surface area (Å²) in [5.41, 5.74) is 4.25. The summed E-state index contributed by atoms with van der Waals surface area (Å²) in [6.07, 6.45) is -0.769. The van der Waals surface area contributed by atoms with Crippen molar-refractivity contribution in [2.75, 3.05) is 0 Å². The van der Waals surface area contributed by atoms with Crippen molar-refractivity contribution in [2.45, 2.75) is 38.6 Å². The van der Waals surface area contributed by atoms with E-state index in [1.54, 1.807) is 30.5 Å². The zero-order valence-corrected chi connectivity index (χ0v) is 31.0. The van der Waals surface area contributed by atoms with Gasteiger partial charge in [0.1, 0.15) is 0 Å². The van der Waals surface area contributed by atoms with E-state index in [4.69, 9.17) is 1.37 Å². The van der Waals surface area contributed by atoms with Crippen LogP contribution in [0, 0.1) is 12.1 Å². The molecule has 0 aliphatic heterocycles. The number of nitrogens with zero attached hydrogens (tertiary/aromatic N) is 2. The number of aromatic nitrogens is 2. The fraction of sp³-hybridized carbons (Fsp3) is 0.150. The van der Waals surface area contributed by atoms with Crippen LogP contribution in [0.15, 0.2) is 122 Å². The average Bonchev–Trinajstić information content (AvgIpc) is 3.48. The summed E-state index contributed by atoms with van der Waals surface area (Å²) in [7, 11) is -1.23. The molecule has 1 unspecified atom stereocenters. The summed E-state index contributed by atoms with van der Waals surface area (Å²) in [6, 6.07) is 39.5. The van der Waals surface area contributed by atoms with Gasteiger partial charge in [-0.05, 0) is 49.9 Å². The number of rotatable bonds is 5. The Kier molecular flexibility index (Phi) is 10.4. The Labute approximate surface area is 299 Å². The molecule has 3 heterocycles. The van der Waals surface area contributed by atoms with Crippen LogP contribution in [-0.2, 0) is 26.3 Å². The van der Waals surface area contributed by atoms with Crippen molar-refractivity contribution in [2.24, 2.45) is 0 Å². The smallest absolute Gasteiger partial charge is 0.305 e. The van der Waals surface area contributed by atoms with E-state index >= 15 is 0 Å². The molecule has 0 N–H and O–H groups in total. The minimum absolute atomic E-state index is 0. The van der Waals surface area contributed by atoms with Crippen molar-refractivity contribution < 1.29 is 34.6 Å². The molecule has 7 rings (SSSR count). The van der Waals surface area contributed by atoms with Crippen LogP contribution in [0.4, 0.5) is 13.2 Å². The first-order chi connectivity index (χ1) is 22.8. The van der Waals surface area contributed by atoms with Gasteiger partial charge in [0.05, 0.1) is 13.6 Å². The van der Waals surface area contributed by atoms with Crippen LogP contribution >= 0.6 is 11.3 Å². The van der Waals surface area contributed by atoms with Crippen LogP contribution in [0.2, 0.25) is 19.6 Å². The first-order valence-electron chi connectivity index (χ1n) is 15.7. The zero-order chi connectivity index (χ0) is 34.1. The van der Waals surface area contributed by atoms with E-state index in [-0.39, 0.29) is 24.8 Å². The molecule has 0 saturated carbocycles. The van der Waals surface area contributed by atoms with Crippen molar-refractivity contribution in [1.29, 1.82) is 0 Å². The van der Waals surface area contributed by atoms with Gasteiger partial charge in [-0.25, -0.2) is 0 Å². The van der Waals surface area contributed by atoms with Crippen LogP contribution < -0.4 is 5.19 Å². The van der Waals surface area contributed by atoms with Gasteiger partial charge in [0.15, 0.2) is 0 Å². The van der Waals surface area contributed by atoms with Crippen LogP contribution in [-0.4, -0.2) is 18.0 Å². The molecule has 245 valence electrons. The molecule has 0 aliphatic rings. The Bertz CT molecular complexity index is 2180. The maximum Gasteiger partial charge on any atom is 0.417 e. The predicted octanol–water partition coefficient (Wildman–Crippen LogP) is 11.2. The predicted molar refractivity (Wildman–Crippen MR) is 192 cm³/mol. The molecule has 0 saturated heterocycles. The van der Waals surface area contributed by atoms with Gasteiger partial charge in [0, 0.05) is 44.5 Å². The number of benzene rings is 4. The third kappa shape index (κ3) is 7.68. The maximum absolute atomic E-state index is 13.6. The average molecular weight is 852 g/mol.